The van der Waals surface area contributed by atoms with Crippen molar-refractivity contribution < 1.29 is 65.8 Å². The van der Waals surface area contributed by atoms with Gasteiger partial charge in [-0.2, -0.15) is 0 Å². The second-order valence-electron chi connectivity index (χ2n) is 4.21. The maximum Gasteiger partial charge on any atom is 2.00 e. The molecule has 13 heteroatoms. The minimum atomic E-state index is -4.72. The van der Waals surface area contributed by atoms with Gasteiger partial charge >= 0.3 is 19.5 Å². The van der Waals surface area contributed by atoms with Gasteiger partial charge in [0.05, 0.1) is 9.79 Å². The van der Waals surface area contributed by atoms with E-state index in [-0.39, 0.29) is 31.0 Å². The molecule has 0 atom stereocenters. The van der Waals surface area contributed by atoms with Gasteiger partial charge in [0.2, 0.25) is 0 Å². The quantitative estimate of drug-likeness (QED) is 0.278. The fraction of sp³-hybridized carbons (Fsp3) is 0. The average Bonchev–Trinajstić information content (AvgIpc) is 2.42. The molecular weight excluding hydrogens is 434 g/mol. The third-order valence-corrected chi connectivity index (χ3v) is 4.16. The molecule has 132 valence electrons. The Morgan fingerprint density at radius 3 is 1.12 bits per heavy atom. The summed E-state index contributed by atoms with van der Waals surface area (Å²) in [4.78, 5) is -1.63. The van der Waals surface area contributed by atoms with Crippen LogP contribution in [-0.2, 0) is 39.7 Å². The van der Waals surface area contributed by atoms with Crippen LogP contribution in [0.15, 0.2) is 46.2 Å². The van der Waals surface area contributed by atoms with Crippen molar-refractivity contribution in [2.24, 2.45) is 0 Å². The monoisotopic (exact) mass is 442 g/mol. The van der Waals surface area contributed by atoms with Crippen LogP contribution in [0.4, 0.5) is 0 Å². The molecule has 0 aromatic heterocycles. The number of hydrogen-bond donors (Lipinski definition) is 4. The molecule has 0 unspecified atom stereocenters. The van der Waals surface area contributed by atoms with Gasteiger partial charge < -0.3 is 29.5 Å². The van der Waals surface area contributed by atoms with E-state index in [4.69, 9.17) is 20.4 Å². The average molecular weight is 444 g/mol. The van der Waals surface area contributed by atoms with Crippen LogP contribution in [0.3, 0.4) is 0 Å². The first-order valence-corrected chi connectivity index (χ1v) is 8.60. The third kappa shape index (κ3) is 6.84. The van der Waals surface area contributed by atoms with Crippen LogP contribution in [0.25, 0.3) is 0 Å². The van der Waals surface area contributed by atoms with E-state index in [1.165, 1.54) is 0 Å². The predicted molar refractivity (Wildman–Crippen MR) is 75.5 cm³/mol. The molecular formula is C12H10O10S2Zn. The summed E-state index contributed by atoms with van der Waals surface area (Å²) in [5.41, 5.74) is 0. The Balaban J connectivity index is 0.000000443. The SMILES string of the molecule is O=S(=O)([O-])c1cc(O)ccc1O.O=S(=O)([O-])c1cc(O)ccc1O.[Zn+2]. The molecule has 0 bridgehead atoms. The molecule has 2 aromatic carbocycles. The van der Waals surface area contributed by atoms with Gasteiger partial charge in [-0.25, -0.2) is 16.8 Å². The molecule has 25 heavy (non-hydrogen) atoms. The molecule has 0 fully saturated rings. The minimum absolute atomic E-state index is 0. The van der Waals surface area contributed by atoms with Crippen LogP contribution in [0.1, 0.15) is 0 Å². The van der Waals surface area contributed by atoms with Gasteiger partial charge in [0, 0.05) is 12.1 Å². The van der Waals surface area contributed by atoms with Gasteiger partial charge in [-0.15, -0.1) is 0 Å². The maximum atomic E-state index is 10.4. The molecule has 2 aromatic rings. The molecule has 0 aliphatic rings. The van der Waals surface area contributed by atoms with Gasteiger partial charge in [0.25, 0.3) is 0 Å². The number of hydrogen-bond acceptors (Lipinski definition) is 10. The molecule has 2 rings (SSSR count). The van der Waals surface area contributed by atoms with E-state index in [0.29, 0.717) is 12.1 Å². The number of phenols is 4. The van der Waals surface area contributed by atoms with E-state index in [1.54, 1.807) is 0 Å². The summed E-state index contributed by atoms with van der Waals surface area (Å²) in [6.07, 6.45) is 0. The summed E-state index contributed by atoms with van der Waals surface area (Å²) >= 11 is 0. The van der Waals surface area contributed by atoms with Crippen molar-refractivity contribution in [3.63, 3.8) is 0 Å². The van der Waals surface area contributed by atoms with Gasteiger partial charge in [-0.05, 0) is 24.3 Å². The number of phenolic OH excluding ortho intramolecular Hbond substituents is 4. The summed E-state index contributed by atoms with van der Waals surface area (Å²) in [5.74, 6) is -2.10. The second-order valence-corrected chi connectivity index (χ2v) is 6.91. The van der Waals surface area contributed by atoms with Crippen LogP contribution in [-0.4, -0.2) is 46.4 Å². The largest absolute Gasteiger partial charge is 2.00 e. The maximum absolute atomic E-state index is 10.4. The van der Waals surface area contributed by atoms with Gasteiger partial charge in [0.15, 0.2) is 0 Å². The topological polar surface area (TPSA) is 195 Å². The van der Waals surface area contributed by atoms with E-state index < -0.39 is 41.5 Å². The van der Waals surface area contributed by atoms with E-state index >= 15 is 0 Å². The summed E-state index contributed by atoms with van der Waals surface area (Å²) in [6, 6.07) is 5.39. The van der Waals surface area contributed by atoms with Crippen molar-refractivity contribution in [3.05, 3.63) is 36.4 Å². The second kappa shape index (κ2) is 8.45. The number of rotatable bonds is 2. The van der Waals surface area contributed by atoms with Crippen molar-refractivity contribution >= 4 is 20.2 Å². The molecule has 0 spiro atoms. The Morgan fingerprint density at radius 2 is 0.920 bits per heavy atom. The van der Waals surface area contributed by atoms with E-state index in [1.807, 2.05) is 0 Å². The predicted octanol–water partition coefficient (Wildman–Crippen LogP) is 0.00130. The van der Waals surface area contributed by atoms with Crippen LogP contribution < -0.4 is 0 Å². The first kappa shape index (κ1) is 23.1. The first-order valence-electron chi connectivity index (χ1n) is 5.78. The number of benzene rings is 2. The zero-order valence-electron chi connectivity index (χ0n) is 12.2. The molecule has 0 radical (unpaired) electrons. The van der Waals surface area contributed by atoms with Crippen molar-refractivity contribution in [3.8, 4) is 23.0 Å². The Kier molecular flexibility index (Phi) is 7.80. The molecule has 4 N–H and O–H groups in total. The molecule has 0 saturated heterocycles. The summed E-state index contributed by atoms with van der Waals surface area (Å²) < 4.78 is 62.3. The zero-order valence-corrected chi connectivity index (χ0v) is 16.8. The molecule has 0 saturated carbocycles. The van der Waals surface area contributed by atoms with Crippen molar-refractivity contribution in [1.29, 1.82) is 0 Å². The summed E-state index contributed by atoms with van der Waals surface area (Å²) in [7, 11) is -9.43. The standard InChI is InChI=1S/2C6H6O5S.Zn/c2*7-4-1-2-5(8)6(3-4)12(9,10)11;/h2*1-3,7-8H,(H,9,10,11);/q;;+2/p-2. The molecule has 10 nitrogen and oxygen atoms in total. The van der Waals surface area contributed by atoms with E-state index in [0.717, 1.165) is 24.3 Å². The van der Waals surface area contributed by atoms with Crippen LogP contribution >= 0.6 is 0 Å². The first-order chi connectivity index (χ1) is 10.8. The van der Waals surface area contributed by atoms with Crippen LogP contribution in [0.5, 0.6) is 23.0 Å². The van der Waals surface area contributed by atoms with Crippen LogP contribution in [0, 0.1) is 0 Å². The molecule has 0 aliphatic heterocycles. The van der Waals surface area contributed by atoms with Crippen molar-refractivity contribution in [1.82, 2.24) is 0 Å². The van der Waals surface area contributed by atoms with E-state index in [2.05, 4.69) is 0 Å². The normalized spacial score (nSPS) is 11.0. The van der Waals surface area contributed by atoms with E-state index in [9.17, 15) is 25.9 Å². The van der Waals surface area contributed by atoms with Gasteiger partial charge in [-0.1, -0.05) is 0 Å². The number of aromatic hydroxyl groups is 4. The zero-order chi connectivity index (χ0) is 18.7. The Hall–Kier alpha value is -1.92. The summed E-state index contributed by atoms with van der Waals surface area (Å²) in [5, 5.41) is 35.3. The molecule has 0 aliphatic carbocycles. The van der Waals surface area contributed by atoms with Gasteiger partial charge in [0.1, 0.15) is 43.2 Å². The molecule has 0 heterocycles. The molecule has 0 amide bonds. The smallest absolute Gasteiger partial charge is 0.744 e. The Morgan fingerprint density at radius 1 is 0.640 bits per heavy atom. The summed E-state index contributed by atoms with van der Waals surface area (Å²) in [6.45, 7) is 0. The fourth-order valence-corrected chi connectivity index (χ4v) is 2.58. The third-order valence-electron chi connectivity index (χ3n) is 2.43. The van der Waals surface area contributed by atoms with Gasteiger partial charge in [-0.3, -0.25) is 0 Å². The fourth-order valence-electron chi connectivity index (χ4n) is 1.41. The van der Waals surface area contributed by atoms with Crippen molar-refractivity contribution in [2.45, 2.75) is 9.79 Å². The van der Waals surface area contributed by atoms with Crippen molar-refractivity contribution in [2.75, 3.05) is 0 Å². The Bertz CT molecular complexity index is 874. The van der Waals surface area contributed by atoms with Crippen LogP contribution in [0.2, 0.25) is 0 Å². The Labute approximate surface area is 155 Å². The minimum Gasteiger partial charge on any atom is -0.744 e.